The molecule has 0 bridgehead atoms. The van der Waals surface area contributed by atoms with Gasteiger partial charge in [0, 0.05) is 30.3 Å². The first-order valence-corrected chi connectivity index (χ1v) is 8.56. The van der Waals surface area contributed by atoms with Gasteiger partial charge in [0.15, 0.2) is 0 Å². The lowest BCUT2D eigenvalue weighted by Crippen LogP contribution is -2.32. The van der Waals surface area contributed by atoms with Gasteiger partial charge in [0.2, 0.25) is 17.7 Å². The molecule has 24 heavy (non-hydrogen) atoms. The molecule has 0 radical (unpaired) electrons. The zero-order valence-corrected chi connectivity index (χ0v) is 14.1. The number of methoxy groups -OCH3 is 1. The zero-order chi connectivity index (χ0) is 16.8. The number of carbonyl (C=O) groups is 1. The number of nitrogens with zero attached hydrogens (tertiary/aromatic N) is 4. The minimum Gasteiger partial charge on any atom is -0.480 e. The van der Waals surface area contributed by atoms with Gasteiger partial charge in [-0.05, 0) is 12.1 Å². The van der Waals surface area contributed by atoms with Gasteiger partial charge in [0.05, 0.1) is 31.8 Å². The van der Waals surface area contributed by atoms with E-state index >= 15 is 0 Å². The minimum absolute atomic E-state index is 0.0683. The van der Waals surface area contributed by atoms with E-state index in [1.165, 1.54) is 25.1 Å². The van der Waals surface area contributed by atoms with Crippen LogP contribution in [0.2, 0.25) is 0 Å². The lowest BCUT2D eigenvalue weighted by molar-refractivity contribution is -0.127. The summed E-state index contributed by atoms with van der Waals surface area (Å²) in [5.41, 5.74) is 0. The maximum absolute atomic E-state index is 12.3. The Labute approximate surface area is 144 Å². The molecular weight excluding hydrogens is 328 g/mol. The highest BCUT2D eigenvalue weighted by molar-refractivity contribution is 8.00. The highest BCUT2D eigenvalue weighted by atomic mass is 32.2. The SMILES string of the molecule is COc1cncc(OC2CCN(C(=O)CSc3ccncc3)C2)n1. The number of carbonyl (C=O) groups excluding carboxylic acids is 1. The van der Waals surface area contributed by atoms with Gasteiger partial charge in [-0.3, -0.25) is 14.8 Å². The molecule has 0 aromatic carbocycles. The standard InChI is InChI=1S/C16H18N4O3S/c1-22-14-8-18-9-15(19-14)23-12-4-7-20(10-12)16(21)11-24-13-2-5-17-6-3-13/h2-3,5-6,8-9,12H,4,7,10-11H2,1H3. The van der Waals surface area contributed by atoms with E-state index in [4.69, 9.17) is 9.47 Å². The minimum atomic E-state index is -0.0683. The second-order valence-corrected chi connectivity index (χ2v) is 6.29. The predicted molar refractivity (Wildman–Crippen MR) is 89.2 cm³/mol. The Bertz CT molecular complexity index is 686. The van der Waals surface area contributed by atoms with Crippen molar-refractivity contribution in [2.24, 2.45) is 0 Å². The van der Waals surface area contributed by atoms with Crippen LogP contribution in [-0.4, -0.2) is 57.8 Å². The van der Waals surface area contributed by atoms with Crippen LogP contribution in [0.25, 0.3) is 0 Å². The molecule has 1 atom stereocenters. The number of hydrogen-bond donors (Lipinski definition) is 0. The number of rotatable bonds is 6. The van der Waals surface area contributed by atoms with Gasteiger partial charge >= 0.3 is 0 Å². The van der Waals surface area contributed by atoms with E-state index in [0.717, 1.165) is 11.3 Å². The fourth-order valence-electron chi connectivity index (χ4n) is 2.38. The molecule has 0 spiro atoms. The number of likely N-dealkylation sites (tertiary alicyclic amines) is 1. The van der Waals surface area contributed by atoms with Gasteiger partial charge in [0.25, 0.3) is 0 Å². The summed E-state index contributed by atoms with van der Waals surface area (Å²) in [7, 11) is 1.53. The molecule has 2 aromatic rings. The van der Waals surface area contributed by atoms with Crippen LogP contribution in [0.15, 0.2) is 41.8 Å². The second-order valence-electron chi connectivity index (χ2n) is 5.24. The number of pyridine rings is 1. The highest BCUT2D eigenvalue weighted by Crippen LogP contribution is 2.21. The summed E-state index contributed by atoms with van der Waals surface area (Å²) in [6.45, 7) is 1.26. The van der Waals surface area contributed by atoms with Crippen molar-refractivity contribution >= 4 is 17.7 Å². The van der Waals surface area contributed by atoms with E-state index in [0.29, 0.717) is 30.6 Å². The molecule has 1 aliphatic heterocycles. The Hall–Kier alpha value is -2.35. The first kappa shape index (κ1) is 16.5. The summed E-state index contributed by atoms with van der Waals surface area (Å²) < 4.78 is 10.8. The molecule has 0 saturated carbocycles. The number of thioether (sulfide) groups is 1. The monoisotopic (exact) mass is 346 g/mol. The largest absolute Gasteiger partial charge is 0.480 e. The summed E-state index contributed by atoms with van der Waals surface area (Å²) >= 11 is 1.51. The van der Waals surface area contributed by atoms with Gasteiger partial charge in [-0.1, -0.05) is 0 Å². The Kier molecular flexibility index (Phi) is 5.47. The number of hydrogen-bond acceptors (Lipinski definition) is 7. The molecular formula is C16H18N4O3S. The fourth-order valence-corrected chi connectivity index (χ4v) is 3.17. The summed E-state index contributed by atoms with van der Waals surface area (Å²) in [5, 5.41) is 0. The molecule has 1 saturated heterocycles. The summed E-state index contributed by atoms with van der Waals surface area (Å²) in [6, 6.07) is 3.80. The van der Waals surface area contributed by atoms with Crippen LogP contribution < -0.4 is 9.47 Å². The molecule has 0 aliphatic carbocycles. The Balaban J connectivity index is 1.48. The van der Waals surface area contributed by atoms with Gasteiger partial charge in [-0.2, -0.15) is 4.98 Å². The predicted octanol–water partition coefficient (Wildman–Crippen LogP) is 1.65. The Morgan fingerprint density at radius 1 is 1.29 bits per heavy atom. The van der Waals surface area contributed by atoms with Crippen LogP contribution in [0.5, 0.6) is 11.8 Å². The number of amides is 1. The molecule has 7 nitrogen and oxygen atoms in total. The normalized spacial score (nSPS) is 16.9. The van der Waals surface area contributed by atoms with Crippen LogP contribution in [0.4, 0.5) is 0 Å². The van der Waals surface area contributed by atoms with Gasteiger partial charge in [0.1, 0.15) is 6.10 Å². The van der Waals surface area contributed by atoms with Crippen molar-refractivity contribution in [3.05, 3.63) is 36.9 Å². The topological polar surface area (TPSA) is 77.4 Å². The van der Waals surface area contributed by atoms with Crippen molar-refractivity contribution in [1.82, 2.24) is 19.9 Å². The van der Waals surface area contributed by atoms with Crippen molar-refractivity contribution in [3.63, 3.8) is 0 Å². The summed E-state index contributed by atoms with van der Waals surface area (Å²) in [4.78, 5) is 27.3. The molecule has 1 amide bonds. The number of ether oxygens (including phenoxy) is 2. The van der Waals surface area contributed by atoms with Crippen molar-refractivity contribution in [1.29, 1.82) is 0 Å². The van der Waals surface area contributed by atoms with Gasteiger partial charge in [-0.25, -0.2) is 0 Å². The first-order chi connectivity index (χ1) is 11.7. The smallest absolute Gasteiger partial charge is 0.235 e. The molecule has 3 heterocycles. The van der Waals surface area contributed by atoms with E-state index in [-0.39, 0.29) is 12.0 Å². The van der Waals surface area contributed by atoms with Crippen LogP contribution in [0, 0.1) is 0 Å². The van der Waals surface area contributed by atoms with Crippen molar-refractivity contribution in [3.8, 4) is 11.8 Å². The van der Waals surface area contributed by atoms with Crippen molar-refractivity contribution < 1.29 is 14.3 Å². The molecule has 2 aromatic heterocycles. The summed E-state index contributed by atoms with van der Waals surface area (Å²) in [6.07, 6.45) is 7.23. The third kappa shape index (κ3) is 4.35. The second kappa shape index (κ2) is 7.96. The average Bonchev–Trinajstić information content (AvgIpc) is 3.09. The number of aromatic nitrogens is 3. The quantitative estimate of drug-likeness (QED) is 0.736. The van der Waals surface area contributed by atoms with Gasteiger partial charge in [-0.15, -0.1) is 11.8 Å². The van der Waals surface area contributed by atoms with Crippen LogP contribution in [-0.2, 0) is 4.79 Å². The third-order valence-electron chi connectivity index (χ3n) is 3.60. The van der Waals surface area contributed by atoms with E-state index in [9.17, 15) is 4.79 Å². The fraction of sp³-hybridized carbons (Fsp3) is 0.375. The highest BCUT2D eigenvalue weighted by Gasteiger charge is 2.27. The van der Waals surface area contributed by atoms with E-state index < -0.39 is 0 Å². The molecule has 8 heteroatoms. The third-order valence-corrected chi connectivity index (χ3v) is 4.59. The van der Waals surface area contributed by atoms with Crippen LogP contribution in [0.1, 0.15) is 6.42 Å². The molecule has 1 fully saturated rings. The average molecular weight is 346 g/mol. The molecule has 3 rings (SSSR count). The zero-order valence-electron chi connectivity index (χ0n) is 13.3. The Morgan fingerprint density at radius 3 is 2.88 bits per heavy atom. The lowest BCUT2D eigenvalue weighted by atomic mass is 10.3. The van der Waals surface area contributed by atoms with Crippen molar-refractivity contribution in [2.45, 2.75) is 17.4 Å². The van der Waals surface area contributed by atoms with Gasteiger partial charge < -0.3 is 14.4 Å². The lowest BCUT2D eigenvalue weighted by Gasteiger charge is -2.16. The van der Waals surface area contributed by atoms with E-state index in [2.05, 4.69) is 15.0 Å². The van der Waals surface area contributed by atoms with E-state index in [1.807, 2.05) is 17.0 Å². The van der Waals surface area contributed by atoms with Crippen LogP contribution in [0.3, 0.4) is 0 Å². The first-order valence-electron chi connectivity index (χ1n) is 7.58. The Morgan fingerprint density at radius 2 is 2.08 bits per heavy atom. The molecule has 1 unspecified atom stereocenters. The maximum atomic E-state index is 12.3. The molecule has 0 N–H and O–H groups in total. The van der Waals surface area contributed by atoms with Crippen molar-refractivity contribution in [2.75, 3.05) is 26.0 Å². The molecule has 126 valence electrons. The van der Waals surface area contributed by atoms with E-state index in [1.54, 1.807) is 18.6 Å². The summed E-state index contributed by atoms with van der Waals surface area (Å²) in [5.74, 6) is 1.35. The van der Waals surface area contributed by atoms with Crippen LogP contribution >= 0.6 is 11.8 Å². The molecule has 1 aliphatic rings. The maximum Gasteiger partial charge on any atom is 0.235 e.